The SMILES string of the molecule is COCc1cccc(NC(=O)CN2c3ccc(F)cc3-c3ccccc3S2(=O)=O)c1. The number of ether oxygens (including phenoxy) is 1. The molecule has 6 nitrogen and oxygen atoms in total. The van der Waals surface area contributed by atoms with Gasteiger partial charge in [0.2, 0.25) is 5.91 Å². The number of methoxy groups -OCH3 is 1. The number of sulfonamides is 1. The number of nitrogens with one attached hydrogen (secondary N) is 1. The molecule has 1 aliphatic heterocycles. The Morgan fingerprint density at radius 1 is 1.03 bits per heavy atom. The van der Waals surface area contributed by atoms with Crippen molar-refractivity contribution in [3.05, 3.63) is 78.1 Å². The summed E-state index contributed by atoms with van der Waals surface area (Å²) in [7, 11) is -2.41. The van der Waals surface area contributed by atoms with Crippen molar-refractivity contribution in [1.82, 2.24) is 0 Å². The lowest BCUT2D eigenvalue weighted by Gasteiger charge is -2.31. The van der Waals surface area contributed by atoms with Crippen molar-refractivity contribution in [3.63, 3.8) is 0 Å². The minimum Gasteiger partial charge on any atom is -0.380 e. The zero-order valence-electron chi connectivity index (χ0n) is 16.1. The van der Waals surface area contributed by atoms with Gasteiger partial charge in [0.05, 0.1) is 17.2 Å². The Bertz CT molecular complexity index is 1230. The minimum atomic E-state index is -3.98. The maximum Gasteiger partial charge on any atom is 0.265 e. The highest BCUT2D eigenvalue weighted by Crippen LogP contribution is 2.43. The number of halogens is 1. The molecule has 0 fully saturated rings. The zero-order chi connectivity index (χ0) is 21.3. The van der Waals surface area contributed by atoms with Gasteiger partial charge in [-0.1, -0.05) is 30.3 Å². The van der Waals surface area contributed by atoms with Gasteiger partial charge in [-0.2, -0.15) is 0 Å². The molecular weight excluding hydrogens is 407 g/mol. The number of fused-ring (bicyclic) bond motifs is 3. The van der Waals surface area contributed by atoms with Gasteiger partial charge < -0.3 is 10.1 Å². The van der Waals surface area contributed by atoms with E-state index in [1.54, 1.807) is 43.5 Å². The van der Waals surface area contributed by atoms with Gasteiger partial charge in [-0.3, -0.25) is 9.10 Å². The first-order valence-electron chi connectivity index (χ1n) is 9.19. The highest BCUT2D eigenvalue weighted by atomic mass is 32.2. The fourth-order valence-electron chi connectivity index (χ4n) is 3.51. The van der Waals surface area contributed by atoms with E-state index < -0.39 is 28.3 Å². The molecule has 1 N–H and O–H groups in total. The van der Waals surface area contributed by atoms with E-state index in [2.05, 4.69) is 5.32 Å². The first-order chi connectivity index (χ1) is 14.4. The van der Waals surface area contributed by atoms with Crippen LogP contribution in [-0.2, 0) is 26.2 Å². The van der Waals surface area contributed by atoms with Crippen LogP contribution in [0.4, 0.5) is 15.8 Å². The van der Waals surface area contributed by atoms with E-state index in [1.165, 1.54) is 24.3 Å². The highest BCUT2D eigenvalue weighted by Gasteiger charge is 2.36. The molecule has 1 heterocycles. The van der Waals surface area contributed by atoms with E-state index in [0.717, 1.165) is 9.87 Å². The molecule has 0 saturated heterocycles. The predicted molar refractivity (Wildman–Crippen MR) is 112 cm³/mol. The number of carbonyl (C=O) groups is 1. The fraction of sp³-hybridized carbons (Fsp3) is 0.136. The molecule has 4 rings (SSSR count). The lowest BCUT2D eigenvalue weighted by molar-refractivity contribution is -0.114. The molecule has 1 aliphatic rings. The van der Waals surface area contributed by atoms with E-state index >= 15 is 0 Å². The molecule has 0 spiro atoms. The maximum absolute atomic E-state index is 13.9. The number of nitrogens with zero attached hydrogens (tertiary/aromatic N) is 1. The Morgan fingerprint density at radius 3 is 2.63 bits per heavy atom. The van der Waals surface area contributed by atoms with Crippen LogP contribution < -0.4 is 9.62 Å². The van der Waals surface area contributed by atoms with Crippen LogP contribution in [0.1, 0.15) is 5.56 Å². The summed E-state index contributed by atoms with van der Waals surface area (Å²) in [5.74, 6) is -0.995. The van der Waals surface area contributed by atoms with Gasteiger partial charge in [0.1, 0.15) is 12.4 Å². The van der Waals surface area contributed by atoms with E-state index in [4.69, 9.17) is 4.74 Å². The van der Waals surface area contributed by atoms with Gasteiger partial charge in [-0.15, -0.1) is 0 Å². The Kier molecular flexibility index (Phi) is 5.27. The van der Waals surface area contributed by atoms with E-state index in [0.29, 0.717) is 23.4 Å². The van der Waals surface area contributed by atoms with Crippen LogP contribution in [0.2, 0.25) is 0 Å². The second-order valence-electron chi connectivity index (χ2n) is 6.85. The average molecular weight is 426 g/mol. The predicted octanol–water partition coefficient (Wildman–Crippen LogP) is 3.79. The maximum atomic E-state index is 13.9. The number of amides is 1. The van der Waals surface area contributed by atoms with Crippen molar-refractivity contribution in [1.29, 1.82) is 0 Å². The van der Waals surface area contributed by atoms with Crippen molar-refractivity contribution < 1.29 is 22.3 Å². The monoisotopic (exact) mass is 426 g/mol. The number of anilines is 2. The Morgan fingerprint density at radius 2 is 1.83 bits per heavy atom. The Balaban J connectivity index is 1.67. The minimum absolute atomic E-state index is 0.0398. The summed E-state index contributed by atoms with van der Waals surface area (Å²) in [6.45, 7) is -0.0518. The summed E-state index contributed by atoms with van der Waals surface area (Å²) in [4.78, 5) is 12.7. The molecule has 0 aliphatic carbocycles. The molecule has 3 aromatic carbocycles. The second kappa shape index (κ2) is 7.89. The van der Waals surface area contributed by atoms with E-state index in [1.807, 2.05) is 6.07 Å². The molecule has 3 aromatic rings. The Labute approximate surface area is 174 Å². The largest absolute Gasteiger partial charge is 0.380 e. The summed E-state index contributed by atoms with van der Waals surface area (Å²) in [6.07, 6.45) is 0. The van der Waals surface area contributed by atoms with Gasteiger partial charge in [-0.05, 0) is 42.0 Å². The van der Waals surface area contributed by atoms with Crippen LogP contribution in [0.5, 0.6) is 0 Å². The van der Waals surface area contributed by atoms with Crippen molar-refractivity contribution in [3.8, 4) is 11.1 Å². The highest BCUT2D eigenvalue weighted by molar-refractivity contribution is 7.93. The molecular formula is C22H19FN2O4S. The molecule has 1 amide bonds. The van der Waals surface area contributed by atoms with Crippen LogP contribution in [0, 0.1) is 5.82 Å². The first-order valence-corrected chi connectivity index (χ1v) is 10.6. The topological polar surface area (TPSA) is 75.7 Å². The summed E-state index contributed by atoms with van der Waals surface area (Å²) >= 11 is 0. The van der Waals surface area contributed by atoms with Crippen LogP contribution in [-0.4, -0.2) is 28.0 Å². The van der Waals surface area contributed by atoms with Crippen LogP contribution in [0.25, 0.3) is 11.1 Å². The van der Waals surface area contributed by atoms with Crippen molar-refractivity contribution in [2.45, 2.75) is 11.5 Å². The average Bonchev–Trinajstić information content (AvgIpc) is 2.72. The molecule has 0 saturated carbocycles. The second-order valence-corrected chi connectivity index (χ2v) is 8.68. The molecule has 0 aromatic heterocycles. The van der Waals surface area contributed by atoms with Crippen LogP contribution in [0.3, 0.4) is 0 Å². The summed E-state index contributed by atoms with van der Waals surface area (Å²) < 4.78 is 46.4. The Hall–Kier alpha value is -3.23. The van der Waals surface area contributed by atoms with Gasteiger partial charge in [0.15, 0.2) is 0 Å². The lowest BCUT2D eigenvalue weighted by Crippen LogP contribution is -2.40. The third-order valence-electron chi connectivity index (χ3n) is 4.78. The number of rotatable bonds is 5. The molecule has 8 heteroatoms. The summed E-state index contributed by atoms with van der Waals surface area (Å²) in [5, 5.41) is 2.72. The van der Waals surface area contributed by atoms with Crippen LogP contribution >= 0.6 is 0 Å². The number of benzene rings is 3. The van der Waals surface area contributed by atoms with Crippen LogP contribution in [0.15, 0.2) is 71.6 Å². The van der Waals surface area contributed by atoms with Crippen molar-refractivity contribution in [2.75, 3.05) is 23.3 Å². The smallest absolute Gasteiger partial charge is 0.265 e. The number of hydrogen-bond donors (Lipinski definition) is 1. The molecule has 154 valence electrons. The lowest BCUT2D eigenvalue weighted by atomic mass is 10.0. The molecule has 0 unspecified atom stereocenters. The number of carbonyl (C=O) groups excluding carboxylic acids is 1. The van der Waals surface area contributed by atoms with Gasteiger partial charge in [-0.25, -0.2) is 12.8 Å². The quantitative estimate of drug-likeness (QED) is 0.674. The zero-order valence-corrected chi connectivity index (χ0v) is 16.9. The van der Waals surface area contributed by atoms with Crippen molar-refractivity contribution in [2.24, 2.45) is 0 Å². The van der Waals surface area contributed by atoms with Gasteiger partial charge >= 0.3 is 0 Å². The molecule has 0 radical (unpaired) electrons. The summed E-state index contributed by atoms with van der Waals surface area (Å²) in [6, 6.07) is 17.3. The first kappa shape index (κ1) is 20.1. The standard InChI is InChI=1S/C22H19FN2O4S/c1-29-14-15-5-4-6-17(11-15)24-22(26)13-25-20-10-9-16(23)12-19(20)18-7-2-3-8-21(18)30(25,27)28/h2-12H,13-14H2,1H3,(H,24,26). The van der Waals surface area contributed by atoms with E-state index in [-0.39, 0.29) is 10.6 Å². The van der Waals surface area contributed by atoms with Gasteiger partial charge in [0.25, 0.3) is 10.0 Å². The van der Waals surface area contributed by atoms with Crippen molar-refractivity contribution >= 4 is 27.3 Å². The molecule has 30 heavy (non-hydrogen) atoms. The number of hydrogen-bond acceptors (Lipinski definition) is 4. The third-order valence-corrected chi connectivity index (χ3v) is 6.60. The third kappa shape index (κ3) is 3.67. The van der Waals surface area contributed by atoms with E-state index in [9.17, 15) is 17.6 Å². The summed E-state index contributed by atoms with van der Waals surface area (Å²) in [5.41, 5.74) is 2.50. The normalized spacial score (nSPS) is 14.0. The fourth-order valence-corrected chi connectivity index (χ4v) is 5.16. The molecule has 0 atom stereocenters. The molecule has 0 bridgehead atoms. The van der Waals surface area contributed by atoms with Gasteiger partial charge in [0, 0.05) is 23.9 Å².